The number of fused-ring (bicyclic) bond motifs is 1. The Balaban J connectivity index is 1.39. The number of thiophene rings is 2. The molecule has 0 aromatic carbocycles. The van der Waals surface area contributed by atoms with Crippen LogP contribution in [0.25, 0.3) is 10.7 Å². The van der Waals surface area contributed by atoms with Crippen LogP contribution in [0.4, 0.5) is 0 Å². The van der Waals surface area contributed by atoms with Crippen LogP contribution in [0.3, 0.4) is 0 Å². The van der Waals surface area contributed by atoms with E-state index in [0.29, 0.717) is 5.75 Å². The van der Waals surface area contributed by atoms with Gasteiger partial charge in [0, 0.05) is 16.8 Å². The largest absolute Gasteiger partial charge is 0.348 e. The normalized spacial score (nSPS) is 17.1. The lowest BCUT2D eigenvalue weighted by molar-refractivity contribution is -0.119. The highest BCUT2D eigenvalue weighted by Gasteiger charge is 2.22. The lowest BCUT2D eigenvalue weighted by Crippen LogP contribution is -2.27. The molecule has 0 fully saturated rings. The topological polar surface area (TPSA) is 59.8 Å². The summed E-state index contributed by atoms with van der Waals surface area (Å²) in [6, 6.07) is 6.38. The quantitative estimate of drug-likeness (QED) is 0.514. The molecule has 0 spiro atoms. The Morgan fingerprint density at radius 3 is 3.07 bits per heavy atom. The van der Waals surface area contributed by atoms with Gasteiger partial charge in [-0.2, -0.15) is 0 Å². The van der Waals surface area contributed by atoms with Gasteiger partial charge in [-0.3, -0.25) is 4.79 Å². The van der Waals surface area contributed by atoms with Crippen molar-refractivity contribution in [3.63, 3.8) is 0 Å². The summed E-state index contributed by atoms with van der Waals surface area (Å²) >= 11 is 4.94. The SMILES string of the molecule is CCC1CCc2sc(-c3nnc(SCC(=O)NC(C)c4cccs4)n3C)cc2C1. The molecular formula is C21H26N4OS3. The maximum atomic E-state index is 12.3. The van der Waals surface area contributed by atoms with E-state index < -0.39 is 0 Å². The summed E-state index contributed by atoms with van der Waals surface area (Å²) in [5.74, 6) is 2.05. The van der Waals surface area contributed by atoms with Gasteiger partial charge in [0.25, 0.3) is 0 Å². The number of nitrogens with one attached hydrogen (secondary N) is 1. The second-order valence-electron chi connectivity index (χ2n) is 7.53. The smallest absolute Gasteiger partial charge is 0.230 e. The maximum Gasteiger partial charge on any atom is 0.230 e. The van der Waals surface area contributed by atoms with E-state index in [1.165, 1.54) is 52.8 Å². The van der Waals surface area contributed by atoms with Gasteiger partial charge >= 0.3 is 0 Å². The number of amides is 1. The van der Waals surface area contributed by atoms with Gasteiger partial charge in [0.2, 0.25) is 5.91 Å². The molecule has 4 rings (SSSR count). The van der Waals surface area contributed by atoms with E-state index >= 15 is 0 Å². The molecule has 0 aliphatic heterocycles. The zero-order valence-electron chi connectivity index (χ0n) is 17.0. The molecule has 1 aliphatic carbocycles. The van der Waals surface area contributed by atoms with Crippen LogP contribution < -0.4 is 5.32 Å². The van der Waals surface area contributed by atoms with Crippen molar-refractivity contribution in [2.45, 2.75) is 50.7 Å². The molecule has 3 heterocycles. The zero-order valence-corrected chi connectivity index (χ0v) is 19.4. The summed E-state index contributed by atoms with van der Waals surface area (Å²) in [6.45, 7) is 4.29. The molecule has 0 saturated carbocycles. The molecule has 3 aromatic rings. The van der Waals surface area contributed by atoms with E-state index in [4.69, 9.17) is 0 Å². The second kappa shape index (κ2) is 9.02. The van der Waals surface area contributed by atoms with Crippen molar-refractivity contribution in [1.29, 1.82) is 0 Å². The Kier molecular flexibility index (Phi) is 6.41. The van der Waals surface area contributed by atoms with Crippen molar-refractivity contribution in [3.05, 3.63) is 38.9 Å². The predicted molar refractivity (Wildman–Crippen MR) is 122 cm³/mol. The lowest BCUT2D eigenvalue weighted by Gasteiger charge is -2.19. The Morgan fingerprint density at radius 1 is 1.45 bits per heavy atom. The highest BCUT2D eigenvalue weighted by Crippen LogP contribution is 2.38. The first-order valence-electron chi connectivity index (χ1n) is 10.0. The number of hydrogen-bond acceptors (Lipinski definition) is 6. The van der Waals surface area contributed by atoms with Gasteiger partial charge in [0.1, 0.15) is 0 Å². The zero-order chi connectivity index (χ0) is 20.4. The number of carbonyl (C=O) groups excluding carboxylic acids is 1. The van der Waals surface area contributed by atoms with Gasteiger partial charge in [-0.1, -0.05) is 31.2 Å². The first-order chi connectivity index (χ1) is 14.0. The Bertz CT molecular complexity index is 976. The van der Waals surface area contributed by atoms with Crippen molar-refractivity contribution in [2.75, 3.05) is 5.75 Å². The average molecular weight is 447 g/mol. The molecule has 1 aliphatic rings. The van der Waals surface area contributed by atoms with E-state index in [-0.39, 0.29) is 11.9 Å². The third-order valence-corrected chi connectivity index (χ3v) is 8.81. The molecule has 2 atom stereocenters. The molecule has 2 unspecified atom stereocenters. The molecule has 0 radical (unpaired) electrons. The summed E-state index contributed by atoms with van der Waals surface area (Å²) in [7, 11) is 1.98. The van der Waals surface area contributed by atoms with Crippen molar-refractivity contribution >= 4 is 40.3 Å². The number of hydrogen-bond donors (Lipinski definition) is 1. The van der Waals surface area contributed by atoms with Crippen molar-refractivity contribution in [2.24, 2.45) is 13.0 Å². The highest BCUT2D eigenvalue weighted by molar-refractivity contribution is 7.99. The minimum atomic E-state index is 0.0117. The van der Waals surface area contributed by atoms with Crippen molar-refractivity contribution in [3.8, 4) is 10.7 Å². The van der Waals surface area contributed by atoms with E-state index in [9.17, 15) is 4.79 Å². The first kappa shape index (κ1) is 20.6. The van der Waals surface area contributed by atoms with Gasteiger partial charge in [-0.05, 0) is 55.2 Å². The summed E-state index contributed by atoms with van der Waals surface area (Å²) in [5, 5.41) is 14.6. The van der Waals surface area contributed by atoms with Crippen molar-refractivity contribution in [1.82, 2.24) is 20.1 Å². The third kappa shape index (κ3) is 4.59. The highest BCUT2D eigenvalue weighted by atomic mass is 32.2. The predicted octanol–water partition coefficient (Wildman–Crippen LogP) is 5.09. The standard InChI is InChI=1S/C21H26N4OS3/c1-4-14-7-8-17-15(10-14)11-18(29-17)20-23-24-21(25(20)3)28-12-19(26)22-13(2)16-6-5-9-27-16/h5-6,9,11,13-14H,4,7-8,10,12H2,1-3H3,(H,22,26). The van der Waals surface area contributed by atoms with Gasteiger partial charge in [-0.15, -0.1) is 32.9 Å². The molecule has 1 N–H and O–H groups in total. The van der Waals surface area contributed by atoms with Crippen LogP contribution in [0, 0.1) is 5.92 Å². The molecule has 5 nitrogen and oxygen atoms in total. The van der Waals surface area contributed by atoms with Gasteiger partial charge in [-0.25, -0.2) is 0 Å². The van der Waals surface area contributed by atoms with E-state index in [1.54, 1.807) is 11.3 Å². The van der Waals surface area contributed by atoms with Crippen LogP contribution in [0.5, 0.6) is 0 Å². The molecule has 0 bridgehead atoms. The number of thioether (sulfide) groups is 1. The van der Waals surface area contributed by atoms with Crippen LogP contribution in [0.15, 0.2) is 28.7 Å². The lowest BCUT2D eigenvalue weighted by atomic mass is 9.87. The van der Waals surface area contributed by atoms with Crippen molar-refractivity contribution < 1.29 is 4.79 Å². The summed E-state index contributed by atoms with van der Waals surface area (Å²) in [6.07, 6.45) is 4.91. The number of aromatic nitrogens is 3. The molecule has 8 heteroatoms. The summed E-state index contributed by atoms with van der Waals surface area (Å²) in [4.78, 5) is 16.2. The number of nitrogens with zero attached hydrogens (tertiary/aromatic N) is 3. The number of rotatable bonds is 7. The molecule has 3 aromatic heterocycles. The average Bonchev–Trinajstić information content (AvgIpc) is 3.45. The van der Waals surface area contributed by atoms with Gasteiger partial charge < -0.3 is 9.88 Å². The summed E-state index contributed by atoms with van der Waals surface area (Å²) in [5.41, 5.74) is 1.49. The first-order valence-corrected chi connectivity index (χ1v) is 12.7. The molecule has 29 heavy (non-hydrogen) atoms. The third-order valence-electron chi connectivity index (χ3n) is 5.50. The second-order valence-corrected chi connectivity index (χ2v) is 10.6. The Morgan fingerprint density at radius 2 is 2.31 bits per heavy atom. The van der Waals surface area contributed by atoms with Crippen LogP contribution in [-0.4, -0.2) is 26.4 Å². The number of carbonyl (C=O) groups is 1. The van der Waals surface area contributed by atoms with E-state index in [2.05, 4.69) is 28.5 Å². The van der Waals surface area contributed by atoms with Crippen LogP contribution in [-0.2, 0) is 24.7 Å². The van der Waals surface area contributed by atoms with Crippen LogP contribution in [0.2, 0.25) is 0 Å². The fourth-order valence-corrected chi connectivity index (χ4v) is 6.42. The van der Waals surface area contributed by atoms with Crippen LogP contribution >= 0.6 is 34.4 Å². The minimum absolute atomic E-state index is 0.0117. The monoisotopic (exact) mass is 446 g/mol. The molecule has 154 valence electrons. The minimum Gasteiger partial charge on any atom is -0.348 e. The van der Waals surface area contributed by atoms with Gasteiger partial charge in [0.05, 0.1) is 16.7 Å². The Hall–Kier alpha value is -1.64. The molecule has 0 saturated heterocycles. The molecular weight excluding hydrogens is 420 g/mol. The number of aryl methyl sites for hydroxylation is 1. The van der Waals surface area contributed by atoms with E-state index in [1.807, 2.05) is 47.4 Å². The Labute approximate surface area is 183 Å². The van der Waals surface area contributed by atoms with Gasteiger partial charge in [0.15, 0.2) is 11.0 Å². The fraction of sp³-hybridized carbons (Fsp3) is 0.476. The van der Waals surface area contributed by atoms with E-state index in [0.717, 1.165) is 21.8 Å². The molecule has 1 amide bonds. The summed E-state index contributed by atoms with van der Waals surface area (Å²) < 4.78 is 2.01. The maximum absolute atomic E-state index is 12.3. The van der Waals surface area contributed by atoms with Crippen LogP contribution in [0.1, 0.15) is 48.0 Å². The fourth-order valence-electron chi connectivity index (χ4n) is 3.73.